The van der Waals surface area contributed by atoms with Gasteiger partial charge in [0.05, 0.1) is 0 Å². The third-order valence-electron chi connectivity index (χ3n) is 4.18. The molecule has 0 bridgehead atoms. The van der Waals surface area contributed by atoms with Crippen LogP contribution in [-0.4, -0.2) is 52.9 Å². The number of nitrogens with zero attached hydrogens (tertiary/aromatic N) is 2. The lowest BCUT2D eigenvalue weighted by molar-refractivity contribution is -0.132. The number of carbonyl (C=O) groups excluding carboxylic acids is 2. The fourth-order valence-electron chi connectivity index (χ4n) is 2.82. The molecule has 0 radical (unpaired) electrons. The summed E-state index contributed by atoms with van der Waals surface area (Å²) in [6.45, 7) is 2.18. The van der Waals surface area contributed by atoms with E-state index >= 15 is 0 Å². The molecule has 5 nitrogen and oxygen atoms in total. The molecule has 0 atom stereocenters. The molecule has 0 spiro atoms. The SMILES string of the molecule is O=C(CCc1cccs1)N1CCN(C(=O)c2cccc(O)c2)CC1. The van der Waals surface area contributed by atoms with E-state index < -0.39 is 0 Å². The van der Waals surface area contributed by atoms with Crippen molar-refractivity contribution in [2.24, 2.45) is 0 Å². The van der Waals surface area contributed by atoms with E-state index in [4.69, 9.17) is 0 Å². The van der Waals surface area contributed by atoms with Gasteiger partial charge in [0.15, 0.2) is 0 Å². The Morgan fingerprint density at radius 3 is 2.46 bits per heavy atom. The van der Waals surface area contributed by atoms with Crippen LogP contribution in [0.4, 0.5) is 0 Å². The summed E-state index contributed by atoms with van der Waals surface area (Å²) in [6.07, 6.45) is 1.29. The summed E-state index contributed by atoms with van der Waals surface area (Å²) < 4.78 is 0. The molecule has 3 rings (SSSR count). The third-order valence-corrected chi connectivity index (χ3v) is 5.11. The number of aryl methyl sites for hydroxylation is 1. The van der Waals surface area contributed by atoms with E-state index in [9.17, 15) is 14.7 Å². The highest BCUT2D eigenvalue weighted by Crippen LogP contribution is 2.16. The van der Waals surface area contributed by atoms with Crippen molar-refractivity contribution in [1.82, 2.24) is 9.80 Å². The maximum atomic E-state index is 12.4. The Bertz CT molecular complexity index is 707. The molecule has 0 saturated carbocycles. The number of phenolic OH excluding ortho intramolecular Hbond substituents is 1. The van der Waals surface area contributed by atoms with Gasteiger partial charge in [0.1, 0.15) is 5.75 Å². The Morgan fingerprint density at radius 1 is 1.04 bits per heavy atom. The van der Waals surface area contributed by atoms with Crippen LogP contribution in [0.25, 0.3) is 0 Å². The van der Waals surface area contributed by atoms with Gasteiger partial charge in [-0.15, -0.1) is 11.3 Å². The molecule has 2 heterocycles. The lowest BCUT2D eigenvalue weighted by atomic mass is 10.1. The van der Waals surface area contributed by atoms with Crippen molar-refractivity contribution in [3.8, 4) is 5.75 Å². The summed E-state index contributed by atoms with van der Waals surface area (Å²) in [5.74, 6) is 0.132. The normalized spacial score (nSPS) is 14.7. The molecule has 1 saturated heterocycles. The molecular weight excluding hydrogens is 324 g/mol. The fourth-order valence-corrected chi connectivity index (χ4v) is 3.53. The van der Waals surface area contributed by atoms with E-state index in [-0.39, 0.29) is 17.6 Å². The van der Waals surface area contributed by atoms with Gasteiger partial charge >= 0.3 is 0 Å². The number of amides is 2. The van der Waals surface area contributed by atoms with Crippen molar-refractivity contribution in [3.05, 3.63) is 52.2 Å². The number of phenols is 1. The first-order valence-corrected chi connectivity index (χ1v) is 8.90. The number of thiophene rings is 1. The zero-order valence-corrected chi connectivity index (χ0v) is 14.2. The number of hydrogen-bond acceptors (Lipinski definition) is 4. The monoisotopic (exact) mass is 344 g/mol. The summed E-state index contributed by atoms with van der Waals surface area (Å²) in [5, 5.41) is 11.5. The second-order valence-electron chi connectivity index (χ2n) is 5.80. The zero-order valence-electron chi connectivity index (χ0n) is 13.4. The molecule has 0 unspecified atom stereocenters. The molecule has 1 aromatic carbocycles. The number of piperazine rings is 1. The number of rotatable bonds is 4. The van der Waals surface area contributed by atoms with Crippen molar-refractivity contribution in [3.63, 3.8) is 0 Å². The van der Waals surface area contributed by atoms with Gasteiger partial charge in [-0.3, -0.25) is 9.59 Å². The van der Waals surface area contributed by atoms with E-state index in [1.807, 2.05) is 22.4 Å². The molecule has 1 aliphatic rings. The zero-order chi connectivity index (χ0) is 16.9. The summed E-state index contributed by atoms with van der Waals surface area (Å²) in [5.41, 5.74) is 0.479. The second kappa shape index (κ2) is 7.49. The molecule has 24 heavy (non-hydrogen) atoms. The van der Waals surface area contributed by atoms with E-state index in [2.05, 4.69) is 0 Å². The van der Waals surface area contributed by atoms with Crippen LogP contribution in [0.5, 0.6) is 5.75 Å². The Morgan fingerprint density at radius 2 is 1.79 bits per heavy atom. The van der Waals surface area contributed by atoms with E-state index in [1.165, 1.54) is 10.9 Å². The quantitative estimate of drug-likeness (QED) is 0.926. The van der Waals surface area contributed by atoms with Gasteiger partial charge in [0, 0.05) is 43.0 Å². The van der Waals surface area contributed by atoms with Crippen LogP contribution in [0, 0.1) is 0 Å². The number of benzene rings is 1. The van der Waals surface area contributed by atoms with Gasteiger partial charge in [-0.2, -0.15) is 0 Å². The van der Waals surface area contributed by atoms with Crippen LogP contribution in [-0.2, 0) is 11.2 Å². The summed E-state index contributed by atoms with van der Waals surface area (Å²) in [4.78, 5) is 29.5. The predicted molar refractivity (Wildman–Crippen MR) is 93.2 cm³/mol. The van der Waals surface area contributed by atoms with Crippen LogP contribution in [0.15, 0.2) is 41.8 Å². The first-order valence-electron chi connectivity index (χ1n) is 8.02. The molecule has 126 valence electrons. The van der Waals surface area contributed by atoms with Crippen molar-refractivity contribution in [2.75, 3.05) is 26.2 Å². The average Bonchev–Trinajstić information content (AvgIpc) is 3.13. The van der Waals surface area contributed by atoms with E-state index in [1.54, 1.807) is 34.4 Å². The van der Waals surface area contributed by atoms with Gasteiger partial charge < -0.3 is 14.9 Å². The van der Waals surface area contributed by atoms with Crippen molar-refractivity contribution >= 4 is 23.2 Å². The number of carbonyl (C=O) groups is 2. The molecule has 2 aromatic rings. The van der Waals surface area contributed by atoms with E-state index in [0.717, 1.165) is 6.42 Å². The Labute approximate surface area is 145 Å². The predicted octanol–water partition coefficient (Wildman–Crippen LogP) is 2.37. The molecule has 6 heteroatoms. The summed E-state index contributed by atoms with van der Waals surface area (Å²) in [6, 6.07) is 10.4. The molecule has 1 fully saturated rings. The number of hydrogen-bond donors (Lipinski definition) is 1. The lowest BCUT2D eigenvalue weighted by Gasteiger charge is -2.35. The first kappa shape index (κ1) is 16.5. The van der Waals surface area contributed by atoms with Gasteiger partial charge in [-0.05, 0) is 36.1 Å². The topological polar surface area (TPSA) is 60.9 Å². The van der Waals surface area contributed by atoms with Gasteiger partial charge in [-0.25, -0.2) is 0 Å². The molecule has 2 amide bonds. The molecule has 0 aliphatic carbocycles. The summed E-state index contributed by atoms with van der Waals surface area (Å²) in [7, 11) is 0. The Hall–Kier alpha value is -2.34. The average molecular weight is 344 g/mol. The third kappa shape index (κ3) is 3.94. The lowest BCUT2D eigenvalue weighted by Crippen LogP contribution is -2.50. The minimum absolute atomic E-state index is 0.0863. The van der Waals surface area contributed by atoms with Crippen LogP contribution in [0.3, 0.4) is 0 Å². The Kier molecular flexibility index (Phi) is 5.15. The molecule has 1 N–H and O–H groups in total. The first-order chi connectivity index (χ1) is 11.6. The minimum atomic E-state index is -0.100. The molecule has 1 aliphatic heterocycles. The van der Waals surface area contributed by atoms with Crippen molar-refractivity contribution < 1.29 is 14.7 Å². The smallest absolute Gasteiger partial charge is 0.254 e. The summed E-state index contributed by atoms with van der Waals surface area (Å²) >= 11 is 1.67. The van der Waals surface area contributed by atoms with Gasteiger partial charge in [0.25, 0.3) is 5.91 Å². The van der Waals surface area contributed by atoms with Crippen LogP contribution in [0.2, 0.25) is 0 Å². The minimum Gasteiger partial charge on any atom is -0.508 e. The highest BCUT2D eigenvalue weighted by Gasteiger charge is 2.24. The van der Waals surface area contributed by atoms with Gasteiger partial charge in [-0.1, -0.05) is 12.1 Å². The molecular formula is C18H20N2O3S. The number of aromatic hydroxyl groups is 1. The highest BCUT2D eigenvalue weighted by molar-refractivity contribution is 7.09. The van der Waals surface area contributed by atoms with Crippen molar-refractivity contribution in [1.29, 1.82) is 0 Å². The fraction of sp³-hybridized carbons (Fsp3) is 0.333. The van der Waals surface area contributed by atoms with Crippen LogP contribution < -0.4 is 0 Å². The Balaban J connectivity index is 1.50. The van der Waals surface area contributed by atoms with E-state index in [0.29, 0.717) is 38.2 Å². The van der Waals surface area contributed by atoms with Crippen LogP contribution in [0.1, 0.15) is 21.7 Å². The standard InChI is InChI=1S/C18H20N2O3S/c21-15-4-1-3-14(13-15)18(23)20-10-8-19(9-11-20)17(22)7-6-16-5-2-12-24-16/h1-5,12-13,21H,6-11H2. The largest absolute Gasteiger partial charge is 0.508 e. The molecule has 1 aromatic heterocycles. The van der Waals surface area contributed by atoms with Gasteiger partial charge in [0.2, 0.25) is 5.91 Å². The maximum absolute atomic E-state index is 12.4. The second-order valence-corrected chi connectivity index (χ2v) is 6.83. The maximum Gasteiger partial charge on any atom is 0.254 e. The van der Waals surface area contributed by atoms with Crippen LogP contribution >= 0.6 is 11.3 Å². The highest BCUT2D eigenvalue weighted by atomic mass is 32.1. The van der Waals surface area contributed by atoms with Crippen molar-refractivity contribution in [2.45, 2.75) is 12.8 Å².